The molecular weight excluding hydrogens is 486 g/mol. The van der Waals surface area contributed by atoms with Gasteiger partial charge in [-0.2, -0.15) is 0 Å². The van der Waals surface area contributed by atoms with Crippen LogP contribution in [-0.4, -0.2) is 83.0 Å². The van der Waals surface area contributed by atoms with Crippen LogP contribution in [0, 0.1) is 11.8 Å². The van der Waals surface area contributed by atoms with Crippen molar-refractivity contribution < 1.29 is 14.7 Å². The molecule has 4 atom stereocenters. The predicted octanol–water partition coefficient (Wildman–Crippen LogP) is 5.15. The van der Waals surface area contributed by atoms with Crippen molar-refractivity contribution in [3.8, 4) is 0 Å². The molecule has 2 aliphatic heterocycles. The summed E-state index contributed by atoms with van der Waals surface area (Å²) in [7, 11) is 0. The molecule has 0 bridgehead atoms. The number of carbonyl (C=O) groups excluding carboxylic acids is 1. The van der Waals surface area contributed by atoms with E-state index >= 15 is 0 Å². The molecule has 4 unspecified atom stereocenters. The van der Waals surface area contributed by atoms with Gasteiger partial charge in [-0.3, -0.25) is 14.5 Å². The molecule has 2 heterocycles. The van der Waals surface area contributed by atoms with E-state index in [4.69, 9.17) is 0 Å². The Kier molecular flexibility index (Phi) is 10.6. The summed E-state index contributed by atoms with van der Waals surface area (Å²) in [5.74, 6) is 0.411. The van der Waals surface area contributed by atoms with E-state index in [-0.39, 0.29) is 11.8 Å². The van der Waals surface area contributed by atoms with Gasteiger partial charge in [-0.1, -0.05) is 80.9 Å². The van der Waals surface area contributed by atoms with Crippen LogP contribution in [0.1, 0.15) is 63.5 Å². The highest BCUT2D eigenvalue weighted by atomic mass is 16.4. The number of benzene rings is 2. The summed E-state index contributed by atoms with van der Waals surface area (Å²) >= 11 is 0. The highest BCUT2D eigenvalue weighted by molar-refractivity contribution is 5.76. The Morgan fingerprint density at radius 1 is 0.974 bits per heavy atom. The van der Waals surface area contributed by atoms with Crippen LogP contribution in [0.25, 0.3) is 0 Å². The highest BCUT2D eigenvalue weighted by Gasteiger charge is 2.42. The van der Waals surface area contributed by atoms with E-state index in [1.54, 1.807) is 0 Å². The van der Waals surface area contributed by atoms with Crippen molar-refractivity contribution in [3.05, 3.63) is 71.8 Å². The van der Waals surface area contributed by atoms with Crippen molar-refractivity contribution in [2.24, 2.45) is 11.8 Å². The monoisotopic (exact) mass is 533 g/mol. The van der Waals surface area contributed by atoms with Crippen molar-refractivity contribution in [3.63, 3.8) is 0 Å². The van der Waals surface area contributed by atoms with Gasteiger partial charge in [0.25, 0.3) is 0 Å². The molecule has 2 aromatic carbocycles. The van der Waals surface area contributed by atoms with Gasteiger partial charge in [-0.05, 0) is 49.1 Å². The fourth-order valence-electron chi connectivity index (χ4n) is 6.80. The Labute approximate surface area is 235 Å². The number of piperidine rings is 1. The largest absolute Gasteiger partial charge is 0.480 e. The topological polar surface area (TPSA) is 64.1 Å². The fraction of sp³-hybridized carbons (Fsp3) is 0.576. The zero-order valence-corrected chi connectivity index (χ0v) is 24.0. The van der Waals surface area contributed by atoms with Crippen LogP contribution < -0.4 is 0 Å². The second-order valence-corrected chi connectivity index (χ2v) is 11.6. The molecule has 2 fully saturated rings. The van der Waals surface area contributed by atoms with E-state index in [0.717, 1.165) is 65.0 Å². The number of hydrogen-bond acceptors (Lipinski definition) is 4. The minimum absolute atomic E-state index is 0.118. The molecular formula is C33H47N3O3. The van der Waals surface area contributed by atoms with Gasteiger partial charge < -0.3 is 14.9 Å². The van der Waals surface area contributed by atoms with Crippen molar-refractivity contribution >= 4 is 11.9 Å². The first-order valence-corrected chi connectivity index (χ1v) is 15.0. The molecule has 0 aromatic heterocycles. The number of carbonyl (C=O) groups is 2. The molecule has 39 heavy (non-hydrogen) atoms. The van der Waals surface area contributed by atoms with Crippen molar-refractivity contribution in [1.82, 2.24) is 14.7 Å². The maximum absolute atomic E-state index is 13.1. The maximum atomic E-state index is 13.1. The zero-order valence-electron chi connectivity index (χ0n) is 24.0. The number of carboxylic acids is 1. The fourth-order valence-corrected chi connectivity index (χ4v) is 6.80. The van der Waals surface area contributed by atoms with Crippen LogP contribution in [0.15, 0.2) is 60.7 Å². The summed E-state index contributed by atoms with van der Waals surface area (Å²) in [5.41, 5.74) is 2.53. The first-order chi connectivity index (χ1) is 18.9. The average molecular weight is 534 g/mol. The first-order valence-electron chi connectivity index (χ1n) is 15.0. The molecule has 2 aliphatic rings. The molecule has 0 saturated carbocycles. The summed E-state index contributed by atoms with van der Waals surface area (Å²) in [6.07, 6.45) is 4.22. The van der Waals surface area contributed by atoms with Crippen LogP contribution in [-0.2, 0) is 16.0 Å². The molecule has 2 saturated heterocycles. The minimum atomic E-state index is -0.700. The molecule has 0 aliphatic carbocycles. The van der Waals surface area contributed by atoms with Gasteiger partial charge in [0, 0.05) is 57.6 Å². The van der Waals surface area contributed by atoms with E-state index in [1.807, 2.05) is 18.2 Å². The van der Waals surface area contributed by atoms with Gasteiger partial charge in [-0.25, -0.2) is 0 Å². The quantitative estimate of drug-likeness (QED) is 0.409. The normalized spacial score (nSPS) is 22.4. The lowest BCUT2D eigenvalue weighted by molar-refractivity contribution is -0.145. The number of amides is 1. The number of hydrogen-bond donors (Lipinski definition) is 1. The number of rotatable bonds is 12. The molecule has 4 rings (SSSR count). The Morgan fingerprint density at radius 3 is 2.21 bits per heavy atom. The van der Waals surface area contributed by atoms with E-state index < -0.39 is 12.0 Å². The SMILES string of the molecule is CCC(C)C(C(=O)O)N1CC(CN2CCC(N(CC)C(=O)CCc3ccccc3)CC2)C(c2ccccc2)C1. The second-order valence-electron chi connectivity index (χ2n) is 11.6. The van der Waals surface area contributed by atoms with E-state index in [9.17, 15) is 14.7 Å². The lowest BCUT2D eigenvalue weighted by Gasteiger charge is -2.39. The highest BCUT2D eigenvalue weighted by Crippen LogP contribution is 2.36. The van der Waals surface area contributed by atoms with Gasteiger partial charge in [0.2, 0.25) is 5.91 Å². The minimum Gasteiger partial charge on any atom is -0.480 e. The summed E-state index contributed by atoms with van der Waals surface area (Å²) in [6, 6.07) is 20.8. The van der Waals surface area contributed by atoms with E-state index in [1.165, 1.54) is 11.1 Å². The molecule has 212 valence electrons. The Balaban J connectivity index is 1.36. The van der Waals surface area contributed by atoms with Crippen LogP contribution in [0.4, 0.5) is 0 Å². The summed E-state index contributed by atoms with van der Waals surface area (Å²) < 4.78 is 0. The molecule has 1 N–H and O–H groups in total. The third-order valence-corrected chi connectivity index (χ3v) is 9.15. The lowest BCUT2D eigenvalue weighted by Crippen LogP contribution is -2.48. The number of likely N-dealkylation sites (tertiary alicyclic amines) is 2. The Morgan fingerprint density at radius 2 is 1.62 bits per heavy atom. The van der Waals surface area contributed by atoms with E-state index in [2.05, 4.69) is 77.9 Å². The number of carboxylic acid groups (broad SMARTS) is 1. The Hall–Kier alpha value is -2.70. The van der Waals surface area contributed by atoms with E-state index in [0.29, 0.717) is 24.3 Å². The molecule has 6 nitrogen and oxygen atoms in total. The van der Waals surface area contributed by atoms with Crippen molar-refractivity contribution in [2.45, 2.75) is 70.9 Å². The third-order valence-electron chi connectivity index (χ3n) is 9.15. The van der Waals surface area contributed by atoms with Crippen LogP contribution in [0.2, 0.25) is 0 Å². The standard InChI is InChI=1S/C33H47N3O3/c1-4-25(3)32(33(38)39)35-23-28(30(24-35)27-14-10-7-11-15-27)22-34-20-18-29(19-21-34)36(5-2)31(37)17-16-26-12-8-6-9-13-26/h6-15,25,28-30,32H,4-5,16-24H2,1-3H3,(H,38,39). The first kappa shape index (κ1) is 29.3. The second kappa shape index (κ2) is 14.1. The lowest BCUT2D eigenvalue weighted by atomic mass is 9.88. The predicted molar refractivity (Wildman–Crippen MR) is 157 cm³/mol. The van der Waals surface area contributed by atoms with Crippen LogP contribution >= 0.6 is 0 Å². The average Bonchev–Trinajstić information content (AvgIpc) is 3.36. The van der Waals surface area contributed by atoms with Gasteiger partial charge in [0.1, 0.15) is 6.04 Å². The van der Waals surface area contributed by atoms with Gasteiger partial charge in [-0.15, -0.1) is 0 Å². The summed E-state index contributed by atoms with van der Waals surface area (Å²) in [4.78, 5) is 32.2. The third kappa shape index (κ3) is 7.49. The molecule has 0 radical (unpaired) electrons. The number of nitrogens with zero attached hydrogens (tertiary/aromatic N) is 3. The van der Waals surface area contributed by atoms with Crippen molar-refractivity contribution in [1.29, 1.82) is 0 Å². The number of aryl methyl sites for hydroxylation is 1. The molecule has 6 heteroatoms. The molecule has 2 aromatic rings. The van der Waals surface area contributed by atoms with Gasteiger partial charge >= 0.3 is 5.97 Å². The molecule has 1 amide bonds. The van der Waals surface area contributed by atoms with Gasteiger partial charge in [0.05, 0.1) is 0 Å². The smallest absolute Gasteiger partial charge is 0.321 e. The van der Waals surface area contributed by atoms with Crippen LogP contribution in [0.5, 0.6) is 0 Å². The number of aliphatic carboxylic acids is 1. The zero-order chi connectivity index (χ0) is 27.8. The maximum Gasteiger partial charge on any atom is 0.321 e. The van der Waals surface area contributed by atoms with Crippen molar-refractivity contribution in [2.75, 3.05) is 39.3 Å². The summed E-state index contributed by atoms with van der Waals surface area (Å²) in [6.45, 7) is 11.6. The van der Waals surface area contributed by atoms with Gasteiger partial charge in [0.15, 0.2) is 0 Å². The summed E-state index contributed by atoms with van der Waals surface area (Å²) in [5, 5.41) is 10.1. The van der Waals surface area contributed by atoms with Crippen LogP contribution in [0.3, 0.4) is 0 Å². The Bertz CT molecular complexity index is 1040. The molecule has 0 spiro atoms.